The molecule has 0 aliphatic rings. The lowest BCUT2D eigenvalue weighted by molar-refractivity contribution is -0.140. The van der Waals surface area contributed by atoms with E-state index >= 15 is 0 Å². The molecule has 0 radical (unpaired) electrons. The van der Waals surface area contributed by atoms with Gasteiger partial charge in [-0.2, -0.15) is 13.2 Å². The molecule has 0 amide bonds. The largest absolute Gasteiger partial charge is 0.435 e. The van der Waals surface area contributed by atoms with Crippen LogP contribution in [0.5, 0.6) is 0 Å². The molecule has 2 aromatic heterocycles. The van der Waals surface area contributed by atoms with E-state index in [9.17, 15) is 13.2 Å². The molecule has 0 N–H and O–H groups in total. The van der Waals surface area contributed by atoms with E-state index in [0.29, 0.717) is 11.4 Å². The van der Waals surface area contributed by atoms with Gasteiger partial charge in [-0.1, -0.05) is 60.7 Å². The summed E-state index contributed by atoms with van der Waals surface area (Å²) in [5, 5.41) is 1.83. The van der Waals surface area contributed by atoms with Crippen LogP contribution in [0.15, 0.2) is 67.0 Å². The van der Waals surface area contributed by atoms with Gasteiger partial charge >= 0.3 is 6.18 Å². The van der Waals surface area contributed by atoms with Crippen LogP contribution >= 0.6 is 0 Å². The van der Waals surface area contributed by atoms with Crippen molar-refractivity contribution in [3.05, 3.63) is 78.2 Å². The smallest absolute Gasteiger partial charge is 0.305 e. The van der Waals surface area contributed by atoms with Gasteiger partial charge in [0.1, 0.15) is 11.8 Å². The highest BCUT2D eigenvalue weighted by Gasteiger charge is 2.37. The Bertz CT molecular complexity index is 1120. The fourth-order valence-electron chi connectivity index (χ4n) is 3.28. The first-order valence-electron chi connectivity index (χ1n) is 9.02. The lowest BCUT2D eigenvalue weighted by Crippen LogP contribution is -2.33. The van der Waals surface area contributed by atoms with Crippen LogP contribution in [0.1, 0.15) is 24.2 Å². The Labute approximate surface area is 165 Å². The molecular weight excluding hydrogens is 379 g/mol. The van der Waals surface area contributed by atoms with Crippen molar-refractivity contribution in [3.8, 4) is 11.4 Å². The third-order valence-corrected chi connectivity index (χ3v) is 4.88. The molecular formula is C21H18F3N5. The number of nitrogens with zero attached hydrogens (tertiary/aromatic N) is 5. The van der Waals surface area contributed by atoms with Gasteiger partial charge < -0.3 is 5.01 Å². The number of rotatable bonds is 4. The van der Waals surface area contributed by atoms with Crippen LogP contribution in [0.25, 0.3) is 22.6 Å². The number of halogens is 3. The van der Waals surface area contributed by atoms with Crippen molar-refractivity contribution in [2.24, 2.45) is 0 Å². The van der Waals surface area contributed by atoms with Gasteiger partial charge in [-0.15, -0.1) is 0 Å². The highest BCUT2D eigenvalue weighted by Crippen LogP contribution is 2.34. The summed E-state index contributed by atoms with van der Waals surface area (Å²) in [7, 11) is 1.81. The Morgan fingerprint density at radius 3 is 2.17 bits per heavy atom. The molecule has 5 nitrogen and oxygen atoms in total. The molecule has 0 bridgehead atoms. The van der Waals surface area contributed by atoms with Gasteiger partial charge in [-0.05, 0) is 12.5 Å². The second-order valence-electron chi connectivity index (χ2n) is 6.67. The van der Waals surface area contributed by atoms with Crippen LogP contribution < -0.4 is 5.01 Å². The molecule has 1 unspecified atom stereocenters. The Morgan fingerprint density at radius 2 is 1.55 bits per heavy atom. The quantitative estimate of drug-likeness (QED) is 0.494. The summed E-state index contributed by atoms with van der Waals surface area (Å²) in [5.74, 6) is 0.372. The van der Waals surface area contributed by atoms with Gasteiger partial charge in [0.2, 0.25) is 0 Å². The number of hydrogen-bond acceptors (Lipinski definition) is 4. The molecule has 0 saturated heterocycles. The first kappa shape index (κ1) is 18.9. The number of benzene rings is 2. The second kappa shape index (κ2) is 7.20. The van der Waals surface area contributed by atoms with Crippen LogP contribution in [0, 0.1) is 0 Å². The maximum atomic E-state index is 13.5. The molecule has 4 aromatic rings. The van der Waals surface area contributed by atoms with Gasteiger partial charge in [0.05, 0.1) is 6.04 Å². The minimum Gasteiger partial charge on any atom is -0.305 e. The maximum Gasteiger partial charge on any atom is 0.435 e. The highest BCUT2D eigenvalue weighted by molar-refractivity contribution is 5.80. The Hall–Kier alpha value is -3.42. The fourth-order valence-corrected chi connectivity index (χ4v) is 3.28. The zero-order chi connectivity index (χ0) is 20.6. The molecule has 148 valence electrons. The van der Waals surface area contributed by atoms with Crippen LogP contribution in [-0.2, 0) is 6.18 Å². The zero-order valence-electron chi connectivity index (χ0n) is 15.8. The first-order chi connectivity index (χ1) is 13.9. The fraction of sp³-hybridized carbons (Fsp3) is 0.190. The molecule has 4 rings (SSSR count). The average Bonchev–Trinajstić information content (AvgIpc) is 3.12. The lowest BCUT2D eigenvalue weighted by Gasteiger charge is -2.29. The van der Waals surface area contributed by atoms with E-state index in [4.69, 9.17) is 0 Å². The normalized spacial score (nSPS) is 12.9. The van der Waals surface area contributed by atoms with Crippen molar-refractivity contribution in [2.75, 3.05) is 12.1 Å². The summed E-state index contributed by atoms with van der Waals surface area (Å²) in [6, 6.07) is 18.7. The van der Waals surface area contributed by atoms with Crippen molar-refractivity contribution < 1.29 is 13.2 Å². The number of alkyl halides is 3. The SMILES string of the molecule is CC(c1ccccc1)N(C)n1c(-c2ccccc2)nc2c(C(F)(F)F)ncnc21. The Kier molecular flexibility index (Phi) is 4.70. The molecule has 29 heavy (non-hydrogen) atoms. The number of fused-ring (bicyclic) bond motifs is 1. The molecule has 8 heteroatoms. The molecule has 2 heterocycles. The number of hydrogen-bond donors (Lipinski definition) is 0. The van der Waals surface area contributed by atoms with Gasteiger partial charge in [-0.25, -0.2) is 19.6 Å². The maximum absolute atomic E-state index is 13.5. The molecule has 0 saturated carbocycles. The first-order valence-corrected chi connectivity index (χ1v) is 9.02. The molecule has 0 aliphatic carbocycles. The summed E-state index contributed by atoms with van der Waals surface area (Å²) < 4.78 is 42.2. The summed E-state index contributed by atoms with van der Waals surface area (Å²) in [4.78, 5) is 11.9. The molecule has 0 aliphatic heterocycles. The second-order valence-corrected chi connectivity index (χ2v) is 6.67. The van der Waals surface area contributed by atoms with E-state index < -0.39 is 11.9 Å². The summed E-state index contributed by atoms with van der Waals surface area (Å²) in [5.41, 5.74) is 0.494. The third-order valence-electron chi connectivity index (χ3n) is 4.88. The van der Waals surface area contributed by atoms with Crippen LogP contribution in [0.4, 0.5) is 13.2 Å². The van der Waals surface area contributed by atoms with Crippen molar-refractivity contribution >= 4 is 11.2 Å². The average molecular weight is 397 g/mol. The van der Waals surface area contributed by atoms with E-state index in [-0.39, 0.29) is 17.2 Å². The third kappa shape index (κ3) is 3.41. The van der Waals surface area contributed by atoms with E-state index in [1.165, 1.54) is 0 Å². The van der Waals surface area contributed by atoms with Gasteiger partial charge in [0, 0.05) is 12.6 Å². The van der Waals surface area contributed by atoms with Crippen molar-refractivity contribution in [1.82, 2.24) is 19.6 Å². The van der Waals surface area contributed by atoms with Gasteiger partial charge in [-0.3, -0.25) is 0 Å². The summed E-state index contributed by atoms with van der Waals surface area (Å²) in [6.07, 6.45) is -3.70. The number of aromatic nitrogens is 4. The Balaban J connectivity index is 1.96. The van der Waals surface area contributed by atoms with Gasteiger partial charge in [0.15, 0.2) is 17.2 Å². The van der Waals surface area contributed by atoms with Crippen molar-refractivity contribution in [2.45, 2.75) is 19.1 Å². The van der Waals surface area contributed by atoms with E-state index in [1.807, 2.05) is 60.5 Å². The Morgan fingerprint density at radius 1 is 0.931 bits per heavy atom. The molecule has 0 spiro atoms. The summed E-state index contributed by atoms with van der Waals surface area (Å²) in [6.45, 7) is 1.97. The predicted octanol–water partition coefficient (Wildman–Crippen LogP) is 4.84. The van der Waals surface area contributed by atoms with Gasteiger partial charge in [0.25, 0.3) is 0 Å². The summed E-state index contributed by atoms with van der Waals surface area (Å²) >= 11 is 0. The molecule has 0 fully saturated rings. The lowest BCUT2D eigenvalue weighted by atomic mass is 10.1. The molecule has 1 atom stereocenters. The minimum atomic E-state index is -4.63. The number of imidazole rings is 1. The standard InChI is InChI=1S/C21H18F3N5/c1-14(15-9-5-3-6-10-15)28(2)29-19(16-11-7-4-8-12-16)27-17-18(21(22,23)24)25-13-26-20(17)29/h3-14H,1-2H3. The zero-order valence-corrected chi connectivity index (χ0v) is 15.8. The van der Waals surface area contributed by atoms with Crippen LogP contribution in [0.3, 0.4) is 0 Å². The van der Waals surface area contributed by atoms with Crippen LogP contribution in [0.2, 0.25) is 0 Å². The van der Waals surface area contributed by atoms with E-state index in [0.717, 1.165) is 11.9 Å². The molecule has 2 aromatic carbocycles. The van der Waals surface area contributed by atoms with E-state index in [2.05, 4.69) is 15.0 Å². The van der Waals surface area contributed by atoms with Crippen molar-refractivity contribution in [1.29, 1.82) is 0 Å². The van der Waals surface area contributed by atoms with Crippen LogP contribution in [-0.4, -0.2) is 26.7 Å². The minimum absolute atomic E-state index is 0.108. The topological polar surface area (TPSA) is 46.8 Å². The van der Waals surface area contributed by atoms with Crippen molar-refractivity contribution in [3.63, 3.8) is 0 Å². The van der Waals surface area contributed by atoms with E-state index in [1.54, 1.807) is 23.9 Å². The monoisotopic (exact) mass is 397 g/mol. The highest BCUT2D eigenvalue weighted by atomic mass is 19.4. The predicted molar refractivity (Wildman–Crippen MR) is 105 cm³/mol.